The average molecular weight is 280 g/mol. The smallest absolute Gasteiger partial charge is 0.356 e. The highest BCUT2D eigenvalue weighted by atomic mass is 16.5. The number of rotatable bonds is 7. The van der Waals surface area contributed by atoms with Crippen LogP contribution in [0.5, 0.6) is 0 Å². The maximum absolute atomic E-state index is 11.5. The van der Waals surface area contributed by atoms with Gasteiger partial charge in [0.05, 0.1) is 12.8 Å². The maximum Gasteiger partial charge on any atom is 0.356 e. The molecule has 0 aliphatic rings. The van der Waals surface area contributed by atoms with Gasteiger partial charge in [0, 0.05) is 12.6 Å². The van der Waals surface area contributed by atoms with E-state index in [2.05, 4.69) is 40.7 Å². The van der Waals surface area contributed by atoms with Gasteiger partial charge in [0.2, 0.25) is 0 Å². The van der Waals surface area contributed by atoms with Gasteiger partial charge in [0.25, 0.3) is 0 Å². The number of methoxy groups -OCH3 is 1. The molecule has 0 spiro atoms. The van der Waals surface area contributed by atoms with Gasteiger partial charge in [0.15, 0.2) is 5.69 Å². The zero-order valence-corrected chi connectivity index (χ0v) is 12.6. The second-order valence-corrected chi connectivity index (χ2v) is 4.66. The van der Waals surface area contributed by atoms with Crippen LogP contribution in [0.3, 0.4) is 0 Å². The number of hydrogen-bond acceptors (Lipinski definition) is 6. The number of esters is 1. The van der Waals surface area contributed by atoms with Crippen LogP contribution in [0.15, 0.2) is 12.1 Å². The quantitative estimate of drug-likeness (QED) is 0.738. The molecular weight excluding hydrogens is 256 g/mol. The number of hydrogen-bond donors (Lipinski definition) is 2. The van der Waals surface area contributed by atoms with Gasteiger partial charge in [-0.3, -0.25) is 0 Å². The van der Waals surface area contributed by atoms with E-state index in [4.69, 9.17) is 5.73 Å². The number of nitrogens with zero attached hydrogens (tertiary/aromatic N) is 2. The SMILES string of the molecule is CCN(CC)CC(C)Nc1nc(C(=O)OC)ccc1N. The highest BCUT2D eigenvalue weighted by Gasteiger charge is 2.13. The topological polar surface area (TPSA) is 80.5 Å². The van der Waals surface area contributed by atoms with Crippen molar-refractivity contribution in [3.05, 3.63) is 17.8 Å². The second-order valence-electron chi connectivity index (χ2n) is 4.66. The highest BCUT2D eigenvalue weighted by Crippen LogP contribution is 2.17. The van der Waals surface area contributed by atoms with Gasteiger partial charge in [0.1, 0.15) is 5.82 Å². The number of likely N-dealkylation sites (N-methyl/N-ethyl adjacent to an activating group) is 1. The summed E-state index contributed by atoms with van der Waals surface area (Å²) < 4.78 is 4.66. The largest absolute Gasteiger partial charge is 0.464 e. The van der Waals surface area contributed by atoms with E-state index in [-0.39, 0.29) is 11.7 Å². The summed E-state index contributed by atoms with van der Waals surface area (Å²) in [6, 6.07) is 3.39. The Labute approximate surface area is 120 Å². The van der Waals surface area contributed by atoms with Crippen LogP contribution in [0, 0.1) is 0 Å². The number of anilines is 2. The monoisotopic (exact) mass is 280 g/mol. The summed E-state index contributed by atoms with van der Waals surface area (Å²) in [7, 11) is 1.33. The molecule has 0 fully saturated rings. The van der Waals surface area contributed by atoms with E-state index in [9.17, 15) is 4.79 Å². The van der Waals surface area contributed by atoms with Crippen LogP contribution >= 0.6 is 0 Å². The molecule has 1 rings (SSSR count). The van der Waals surface area contributed by atoms with Crippen molar-refractivity contribution in [1.29, 1.82) is 0 Å². The zero-order chi connectivity index (χ0) is 15.1. The molecule has 0 aliphatic carbocycles. The molecule has 1 aromatic rings. The van der Waals surface area contributed by atoms with E-state index in [1.165, 1.54) is 7.11 Å². The molecule has 1 unspecified atom stereocenters. The lowest BCUT2D eigenvalue weighted by molar-refractivity contribution is 0.0594. The zero-order valence-electron chi connectivity index (χ0n) is 12.6. The molecule has 0 amide bonds. The van der Waals surface area contributed by atoms with Gasteiger partial charge in [-0.2, -0.15) is 0 Å². The number of pyridine rings is 1. The van der Waals surface area contributed by atoms with Gasteiger partial charge >= 0.3 is 5.97 Å². The van der Waals surface area contributed by atoms with Crippen molar-refractivity contribution in [2.45, 2.75) is 26.8 Å². The molecule has 3 N–H and O–H groups in total. The van der Waals surface area contributed by atoms with E-state index < -0.39 is 5.97 Å². The molecule has 112 valence electrons. The minimum absolute atomic E-state index is 0.178. The van der Waals surface area contributed by atoms with Crippen molar-refractivity contribution in [2.75, 3.05) is 37.8 Å². The third kappa shape index (κ3) is 4.38. The molecule has 0 bridgehead atoms. The molecule has 0 aliphatic heterocycles. The van der Waals surface area contributed by atoms with Crippen molar-refractivity contribution >= 4 is 17.5 Å². The highest BCUT2D eigenvalue weighted by molar-refractivity contribution is 5.88. The Bertz CT molecular complexity index is 447. The van der Waals surface area contributed by atoms with Gasteiger partial charge in [-0.15, -0.1) is 0 Å². The Kier molecular flexibility index (Phi) is 6.24. The molecule has 0 saturated carbocycles. The summed E-state index contributed by atoms with van der Waals surface area (Å²) in [6.45, 7) is 9.18. The van der Waals surface area contributed by atoms with Crippen molar-refractivity contribution in [3.8, 4) is 0 Å². The molecule has 0 radical (unpaired) electrons. The fraction of sp³-hybridized carbons (Fsp3) is 0.571. The first-order chi connectivity index (χ1) is 9.51. The molecule has 0 aromatic carbocycles. The maximum atomic E-state index is 11.5. The summed E-state index contributed by atoms with van der Waals surface area (Å²) >= 11 is 0. The molecule has 1 aromatic heterocycles. The Morgan fingerprint density at radius 3 is 2.65 bits per heavy atom. The van der Waals surface area contributed by atoms with E-state index >= 15 is 0 Å². The predicted octanol–water partition coefficient (Wildman–Crippen LogP) is 1.59. The van der Waals surface area contributed by atoms with Crippen LogP contribution in [-0.2, 0) is 4.74 Å². The standard InChI is InChI=1S/C14H24N4O2/c1-5-18(6-2)9-10(3)16-13-11(15)7-8-12(17-13)14(19)20-4/h7-8,10H,5-6,9,15H2,1-4H3,(H,16,17). The Morgan fingerprint density at radius 1 is 1.45 bits per heavy atom. The number of nitrogens with one attached hydrogen (secondary N) is 1. The number of ether oxygens (including phenoxy) is 1. The predicted molar refractivity (Wildman–Crippen MR) is 80.9 cm³/mol. The Morgan fingerprint density at radius 2 is 2.10 bits per heavy atom. The summed E-state index contributed by atoms with van der Waals surface area (Å²) in [5.41, 5.74) is 6.65. The molecule has 6 nitrogen and oxygen atoms in total. The van der Waals surface area contributed by atoms with E-state index in [1.54, 1.807) is 12.1 Å². The number of nitrogen functional groups attached to an aromatic ring is 1. The van der Waals surface area contributed by atoms with Crippen LogP contribution in [0.1, 0.15) is 31.3 Å². The minimum atomic E-state index is -0.468. The fourth-order valence-electron chi connectivity index (χ4n) is 1.95. The number of carbonyl (C=O) groups excluding carboxylic acids is 1. The number of aromatic nitrogens is 1. The molecular formula is C14H24N4O2. The lowest BCUT2D eigenvalue weighted by Crippen LogP contribution is -2.35. The second kappa shape index (κ2) is 7.69. The van der Waals surface area contributed by atoms with Gasteiger partial charge < -0.3 is 20.7 Å². The van der Waals surface area contributed by atoms with E-state index in [1.807, 2.05) is 0 Å². The van der Waals surface area contributed by atoms with Crippen LogP contribution in [0.25, 0.3) is 0 Å². The van der Waals surface area contributed by atoms with Gasteiger partial charge in [-0.05, 0) is 32.1 Å². The van der Waals surface area contributed by atoms with Crippen LogP contribution in [0.2, 0.25) is 0 Å². The fourth-order valence-corrected chi connectivity index (χ4v) is 1.95. The van der Waals surface area contributed by atoms with Crippen molar-refractivity contribution in [2.24, 2.45) is 0 Å². The summed E-state index contributed by atoms with van der Waals surface area (Å²) in [5, 5.41) is 3.24. The van der Waals surface area contributed by atoms with E-state index in [0.29, 0.717) is 11.5 Å². The first-order valence-electron chi connectivity index (χ1n) is 6.85. The van der Waals surface area contributed by atoms with Crippen molar-refractivity contribution < 1.29 is 9.53 Å². The number of nitrogens with two attached hydrogens (primary N) is 1. The summed E-state index contributed by atoms with van der Waals surface area (Å²) in [5.74, 6) is 0.0528. The number of carbonyl (C=O) groups is 1. The van der Waals surface area contributed by atoms with Gasteiger partial charge in [-0.25, -0.2) is 9.78 Å². The lowest BCUT2D eigenvalue weighted by Gasteiger charge is -2.24. The molecule has 20 heavy (non-hydrogen) atoms. The van der Waals surface area contributed by atoms with Crippen LogP contribution in [0.4, 0.5) is 11.5 Å². The third-order valence-corrected chi connectivity index (χ3v) is 3.13. The summed E-state index contributed by atoms with van der Waals surface area (Å²) in [6.07, 6.45) is 0. The molecule has 1 heterocycles. The summed E-state index contributed by atoms with van der Waals surface area (Å²) in [4.78, 5) is 18.0. The Balaban J connectivity index is 2.78. The van der Waals surface area contributed by atoms with E-state index in [0.717, 1.165) is 19.6 Å². The van der Waals surface area contributed by atoms with Gasteiger partial charge in [-0.1, -0.05) is 13.8 Å². The molecule has 1 atom stereocenters. The molecule has 0 saturated heterocycles. The first-order valence-corrected chi connectivity index (χ1v) is 6.85. The van der Waals surface area contributed by atoms with Crippen LogP contribution < -0.4 is 11.1 Å². The van der Waals surface area contributed by atoms with Crippen LogP contribution in [-0.4, -0.2) is 48.6 Å². The lowest BCUT2D eigenvalue weighted by atomic mass is 10.2. The van der Waals surface area contributed by atoms with Crippen molar-refractivity contribution in [3.63, 3.8) is 0 Å². The molecule has 6 heteroatoms. The third-order valence-electron chi connectivity index (χ3n) is 3.13. The minimum Gasteiger partial charge on any atom is -0.464 e. The van der Waals surface area contributed by atoms with Crippen molar-refractivity contribution in [1.82, 2.24) is 9.88 Å². The Hall–Kier alpha value is -1.82. The first kappa shape index (κ1) is 16.2. The normalized spacial score (nSPS) is 12.2. The average Bonchev–Trinajstić information content (AvgIpc) is 2.46.